The maximum Gasteiger partial charge on any atom is 0.274 e. The van der Waals surface area contributed by atoms with Crippen molar-refractivity contribution < 1.29 is 14.3 Å². The molecule has 0 radical (unpaired) electrons. The van der Waals surface area contributed by atoms with Crippen LogP contribution in [-0.2, 0) is 9.53 Å². The topological polar surface area (TPSA) is 83.6 Å². The van der Waals surface area contributed by atoms with Gasteiger partial charge < -0.3 is 20.3 Å². The van der Waals surface area contributed by atoms with Gasteiger partial charge in [-0.25, -0.2) is 0 Å². The summed E-state index contributed by atoms with van der Waals surface area (Å²) >= 11 is 6.16. The number of carbonyl (C=O) groups excluding carboxylic acids is 2. The van der Waals surface area contributed by atoms with E-state index in [1.165, 1.54) is 6.92 Å². The van der Waals surface area contributed by atoms with Crippen molar-refractivity contribution in [2.75, 3.05) is 28.6 Å². The van der Waals surface area contributed by atoms with Crippen molar-refractivity contribution in [2.45, 2.75) is 33.0 Å². The zero-order chi connectivity index (χ0) is 20.3. The zero-order valence-corrected chi connectivity index (χ0v) is 16.8. The summed E-state index contributed by atoms with van der Waals surface area (Å²) in [5.74, 6) is -0.550. The minimum atomic E-state index is -0.334. The number of amides is 2. The Morgan fingerprint density at radius 1 is 1.14 bits per heavy atom. The number of rotatable bonds is 4. The summed E-state index contributed by atoms with van der Waals surface area (Å²) in [5.41, 5.74) is 2.25. The molecule has 148 valence electrons. The van der Waals surface area contributed by atoms with Crippen molar-refractivity contribution in [3.63, 3.8) is 0 Å². The molecule has 7 nitrogen and oxygen atoms in total. The van der Waals surface area contributed by atoms with Crippen LogP contribution in [0.1, 0.15) is 31.3 Å². The fourth-order valence-electron chi connectivity index (χ4n) is 3.21. The van der Waals surface area contributed by atoms with Crippen LogP contribution in [0.2, 0.25) is 5.02 Å². The number of nitrogens with zero attached hydrogens (tertiary/aromatic N) is 2. The molecule has 8 heteroatoms. The van der Waals surface area contributed by atoms with E-state index in [0.29, 0.717) is 22.1 Å². The lowest BCUT2D eigenvalue weighted by atomic mass is 10.2. The van der Waals surface area contributed by atoms with Gasteiger partial charge >= 0.3 is 0 Å². The number of halogens is 1. The molecule has 28 heavy (non-hydrogen) atoms. The third-order valence-corrected chi connectivity index (χ3v) is 4.61. The summed E-state index contributed by atoms with van der Waals surface area (Å²) in [6, 6.07) is 8.55. The Labute approximate surface area is 169 Å². The minimum absolute atomic E-state index is 0.124. The van der Waals surface area contributed by atoms with Crippen LogP contribution in [0.5, 0.6) is 0 Å². The van der Waals surface area contributed by atoms with Gasteiger partial charge in [0.2, 0.25) is 5.91 Å². The van der Waals surface area contributed by atoms with Crippen molar-refractivity contribution in [1.29, 1.82) is 0 Å². The lowest BCUT2D eigenvalue weighted by Crippen LogP contribution is -2.45. The van der Waals surface area contributed by atoms with E-state index < -0.39 is 0 Å². The number of hydrogen-bond donors (Lipinski definition) is 2. The average molecular weight is 403 g/mol. The number of benzene rings is 1. The standard InChI is InChI=1S/C20H23ClN4O3/c1-12-10-25(11-13(2)28-12)16-6-7-22-19(9-16)20(27)24-15-4-5-18(17(21)8-15)23-14(3)26/h4-9,12-13H,10-11H2,1-3H3,(H,23,26)(H,24,27). The fraction of sp³-hybridized carbons (Fsp3) is 0.350. The smallest absolute Gasteiger partial charge is 0.274 e. The molecule has 2 unspecified atom stereocenters. The number of aromatic nitrogens is 1. The van der Waals surface area contributed by atoms with E-state index in [1.54, 1.807) is 30.5 Å². The SMILES string of the molecule is CC(=O)Nc1ccc(NC(=O)c2cc(N3CC(C)OC(C)C3)ccn2)cc1Cl. The molecule has 0 aliphatic carbocycles. The van der Waals surface area contributed by atoms with Gasteiger partial charge in [-0.3, -0.25) is 14.6 Å². The van der Waals surface area contributed by atoms with Gasteiger partial charge in [-0.2, -0.15) is 0 Å². The Hall–Kier alpha value is -2.64. The van der Waals surface area contributed by atoms with E-state index in [0.717, 1.165) is 18.8 Å². The molecule has 2 N–H and O–H groups in total. The maximum absolute atomic E-state index is 12.6. The first-order chi connectivity index (χ1) is 13.3. The molecule has 0 bridgehead atoms. The Bertz CT molecular complexity index is 880. The second-order valence-electron chi connectivity index (χ2n) is 6.89. The van der Waals surface area contributed by atoms with E-state index in [4.69, 9.17) is 16.3 Å². The summed E-state index contributed by atoms with van der Waals surface area (Å²) in [5, 5.41) is 5.75. The molecule has 1 aromatic carbocycles. The molecule has 1 aliphatic heterocycles. The normalized spacial score (nSPS) is 19.2. The Morgan fingerprint density at radius 3 is 2.50 bits per heavy atom. The molecule has 1 aliphatic rings. The average Bonchev–Trinajstić information content (AvgIpc) is 2.63. The van der Waals surface area contributed by atoms with Crippen LogP contribution >= 0.6 is 11.6 Å². The third kappa shape index (κ3) is 4.99. The first-order valence-electron chi connectivity index (χ1n) is 9.07. The molecule has 1 saturated heterocycles. The molecule has 2 aromatic rings. The van der Waals surface area contributed by atoms with Gasteiger partial charge in [0.25, 0.3) is 5.91 Å². The summed E-state index contributed by atoms with van der Waals surface area (Å²) in [4.78, 5) is 30.2. The molecule has 0 spiro atoms. The lowest BCUT2D eigenvalue weighted by Gasteiger charge is -2.36. The highest BCUT2D eigenvalue weighted by Crippen LogP contribution is 2.26. The van der Waals surface area contributed by atoms with E-state index in [9.17, 15) is 9.59 Å². The van der Waals surface area contributed by atoms with Crippen molar-refractivity contribution in [2.24, 2.45) is 0 Å². The highest BCUT2D eigenvalue weighted by molar-refractivity contribution is 6.34. The predicted molar refractivity (Wildman–Crippen MR) is 110 cm³/mol. The van der Waals surface area contributed by atoms with Gasteiger partial charge in [-0.1, -0.05) is 11.6 Å². The van der Waals surface area contributed by atoms with Crippen LogP contribution in [0.15, 0.2) is 36.5 Å². The number of anilines is 3. The second-order valence-corrected chi connectivity index (χ2v) is 7.30. The van der Waals surface area contributed by atoms with Crippen LogP contribution in [0, 0.1) is 0 Å². The second kappa shape index (κ2) is 8.58. The molecule has 1 aromatic heterocycles. The number of carbonyl (C=O) groups is 2. The van der Waals surface area contributed by atoms with Crippen LogP contribution in [-0.4, -0.2) is 42.1 Å². The predicted octanol–water partition coefficient (Wildman–Crippen LogP) is 3.56. The molecule has 2 atom stereocenters. The van der Waals surface area contributed by atoms with E-state index in [1.807, 2.05) is 19.9 Å². The van der Waals surface area contributed by atoms with Crippen LogP contribution in [0.25, 0.3) is 0 Å². The number of pyridine rings is 1. The largest absolute Gasteiger partial charge is 0.372 e. The van der Waals surface area contributed by atoms with Crippen LogP contribution < -0.4 is 15.5 Å². The van der Waals surface area contributed by atoms with Crippen molar-refractivity contribution >= 4 is 40.5 Å². The van der Waals surface area contributed by atoms with E-state index in [2.05, 4.69) is 20.5 Å². The number of nitrogens with one attached hydrogen (secondary N) is 2. The first-order valence-corrected chi connectivity index (χ1v) is 9.44. The molecular weight excluding hydrogens is 380 g/mol. The van der Waals surface area contributed by atoms with Crippen molar-refractivity contribution in [3.05, 3.63) is 47.2 Å². The van der Waals surface area contributed by atoms with E-state index >= 15 is 0 Å². The monoisotopic (exact) mass is 402 g/mol. The Balaban J connectivity index is 1.73. The molecule has 3 rings (SSSR count). The quantitative estimate of drug-likeness (QED) is 0.816. The van der Waals surface area contributed by atoms with Crippen LogP contribution in [0.4, 0.5) is 17.1 Å². The number of ether oxygens (including phenoxy) is 1. The maximum atomic E-state index is 12.6. The van der Waals surface area contributed by atoms with E-state index in [-0.39, 0.29) is 24.0 Å². The number of hydrogen-bond acceptors (Lipinski definition) is 5. The molecule has 2 amide bonds. The fourth-order valence-corrected chi connectivity index (χ4v) is 3.44. The van der Waals surface area contributed by atoms with Gasteiger partial charge in [0.15, 0.2) is 0 Å². The van der Waals surface area contributed by atoms with Gasteiger partial charge in [-0.15, -0.1) is 0 Å². The first kappa shape index (κ1) is 20.1. The summed E-state index contributed by atoms with van der Waals surface area (Å²) in [6.45, 7) is 6.99. The van der Waals surface area contributed by atoms with Gasteiger partial charge in [0.1, 0.15) is 5.69 Å². The minimum Gasteiger partial charge on any atom is -0.372 e. The van der Waals surface area contributed by atoms with Gasteiger partial charge in [-0.05, 0) is 44.2 Å². The number of morpholine rings is 1. The molecule has 0 saturated carbocycles. The third-order valence-electron chi connectivity index (χ3n) is 4.30. The lowest BCUT2D eigenvalue weighted by molar-refractivity contribution is -0.114. The van der Waals surface area contributed by atoms with Gasteiger partial charge in [0, 0.05) is 37.6 Å². The highest BCUT2D eigenvalue weighted by Gasteiger charge is 2.23. The molecular formula is C20H23ClN4O3. The van der Waals surface area contributed by atoms with Crippen molar-refractivity contribution in [1.82, 2.24) is 4.98 Å². The molecule has 2 heterocycles. The summed E-state index contributed by atoms with van der Waals surface area (Å²) in [7, 11) is 0. The molecule has 1 fully saturated rings. The highest BCUT2D eigenvalue weighted by atomic mass is 35.5. The summed E-state index contributed by atoms with van der Waals surface area (Å²) in [6.07, 6.45) is 1.87. The Morgan fingerprint density at radius 2 is 1.86 bits per heavy atom. The Kier molecular flexibility index (Phi) is 6.16. The van der Waals surface area contributed by atoms with Gasteiger partial charge in [0.05, 0.1) is 22.9 Å². The van der Waals surface area contributed by atoms with Crippen LogP contribution in [0.3, 0.4) is 0 Å². The van der Waals surface area contributed by atoms with Crippen molar-refractivity contribution in [3.8, 4) is 0 Å². The summed E-state index contributed by atoms with van der Waals surface area (Å²) < 4.78 is 5.76. The zero-order valence-electron chi connectivity index (χ0n) is 16.0.